The zero-order valence-corrected chi connectivity index (χ0v) is 10.1. The summed E-state index contributed by atoms with van der Waals surface area (Å²) >= 11 is 3.97. The molecule has 0 bridgehead atoms. The Kier molecular flexibility index (Phi) is 7.96. The van der Waals surface area contributed by atoms with E-state index in [1.807, 2.05) is 0 Å². The number of aliphatic hydroxyl groups is 2. The highest BCUT2D eigenvalue weighted by Gasteiger charge is 2.23. The molecule has 2 amide bonds. The van der Waals surface area contributed by atoms with Crippen LogP contribution in [0, 0.1) is 0 Å². The van der Waals surface area contributed by atoms with E-state index < -0.39 is 6.04 Å². The Balaban J connectivity index is 4.47. The Morgan fingerprint density at radius 2 is 1.81 bits per heavy atom. The van der Waals surface area contributed by atoms with Gasteiger partial charge < -0.3 is 20.4 Å². The van der Waals surface area contributed by atoms with E-state index in [4.69, 9.17) is 10.2 Å². The third-order valence-corrected chi connectivity index (χ3v) is 2.27. The first-order valence-corrected chi connectivity index (χ1v) is 5.58. The molecule has 0 spiro atoms. The average Bonchev–Trinajstić information content (AvgIpc) is 2.24. The highest BCUT2D eigenvalue weighted by molar-refractivity contribution is 7.80. The molecule has 0 saturated heterocycles. The fourth-order valence-electron chi connectivity index (χ4n) is 1.22. The molecule has 0 aliphatic carbocycles. The SMILES string of the molecule is CC(=O)NC(CS)C(=O)N(CCO)CCO. The van der Waals surface area contributed by atoms with Crippen molar-refractivity contribution in [2.75, 3.05) is 32.1 Å². The molecule has 1 atom stereocenters. The minimum absolute atomic E-state index is 0.128. The molecule has 6 nitrogen and oxygen atoms in total. The summed E-state index contributed by atoms with van der Waals surface area (Å²) in [6, 6.07) is -0.723. The van der Waals surface area contributed by atoms with E-state index in [0.29, 0.717) is 0 Å². The number of rotatable bonds is 7. The fraction of sp³-hybridized carbons (Fsp3) is 0.778. The topological polar surface area (TPSA) is 89.9 Å². The predicted molar refractivity (Wildman–Crippen MR) is 62.2 cm³/mol. The van der Waals surface area contributed by atoms with Crippen LogP contribution in [0.3, 0.4) is 0 Å². The maximum Gasteiger partial charge on any atom is 0.246 e. The first-order chi connectivity index (χ1) is 7.56. The maximum atomic E-state index is 11.8. The van der Waals surface area contributed by atoms with Crippen molar-refractivity contribution >= 4 is 24.4 Å². The van der Waals surface area contributed by atoms with E-state index in [-0.39, 0.29) is 43.9 Å². The van der Waals surface area contributed by atoms with Crippen molar-refractivity contribution in [2.45, 2.75) is 13.0 Å². The van der Waals surface area contributed by atoms with Crippen LogP contribution in [0.2, 0.25) is 0 Å². The summed E-state index contributed by atoms with van der Waals surface area (Å²) in [5, 5.41) is 20.0. The molecule has 16 heavy (non-hydrogen) atoms. The van der Waals surface area contributed by atoms with Crippen LogP contribution in [0.25, 0.3) is 0 Å². The first kappa shape index (κ1) is 15.2. The molecule has 0 aromatic heterocycles. The summed E-state index contributed by atoms with van der Waals surface area (Å²) < 4.78 is 0. The number of carbonyl (C=O) groups excluding carboxylic acids is 2. The largest absolute Gasteiger partial charge is 0.395 e. The molecule has 3 N–H and O–H groups in total. The van der Waals surface area contributed by atoms with Crippen LogP contribution < -0.4 is 5.32 Å². The Labute approximate surface area is 100 Å². The van der Waals surface area contributed by atoms with Crippen LogP contribution in [-0.4, -0.2) is 65.0 Å². The molecule has 0 radical (unpaired) electrons. The first-order valence-electron chi connectivity index (χ1n) is 4.95. The number of thiol groups is 1. The number of nitrogens with zero attached hydrogens (tertiary/aromatic N) is 1. The molecule has 0 aliphatic heterocycles. The molecule has 0 fully saturated rings. The van der Waals surface area contributed by atoms with Gasteiger partial charge in [-0.05, 0) is 0 Å². The van der Waals surface area contributed by atoms with E-state index in [2.05, 4.69) is 17.9 Å². The number of nitrogens with one attached hydrogen (secondary N) is 1. The van der Waals surface area contributed by atoms with Crippen LogP contribution in [0.1, 0.15) is 6.92 Å². The van der Waals surface area contributed by atoms with Gasteiger partial charge >= 0.3 is 0 Å². The maximum absolute atomic E-state index is 11.8. The number of hydrogen-bond acceptors (Lipinski definition) is 5. The van der Waals surface area contributed by atoms with E-state index in [0.717, 1.165) is 0 Å². The zero-order chi connectivity index (χ0) is 12.6. The van der Waals surface area contributed by atoms with Crippen molar-refractivity contribution in [1.29, 1.82) is 0 Å². The Hall–Kier alpha value is -0.790. The number of hydrogen-bond donors (Lipinski definition) is 4. The van der Waals surface area contributed by atoms with Gasteiger partial charge in [-0.3, -0.25) is 9.59 Å². The lowest BCUT2D eigenvalue weighted by Gasteiger charge is -2.25. The van der Waals surface area contributed by atoms with Crippen molar-refractivity contribution in [1.82, 2.24) is 10.2 Å². The Morgan fingerprint density at radius 3 is 2.12 bits per heavy atom. The second-order valence-electron chi connectivity index (χ2n) is 3.21. The van der Waals surface area contributed by atoms with E-state index in [9.17, 15) is 9.59 Å². The Morgan fingerprint density at radius 1 is 1.31 bits per heavy atom. The molecule has 0 saturated carbocycles. The Bertz CT molecular complexity index is 232. The quantitative estimate of drug-likeness (QED) is 0.403. The second kappa shape index (κ2) is 8.37. The van der Waals surface area contributed by atoms with Gasteiger partial charge in [0, 0.05) is 25.8 Å². The highest BCUT2D eigenvalue weighted by atomic mass is 32.1. The lowest BCUT2D eigenvalue weighted by molar-refractivity contribution is -0.136. The third-order valence-electron chi connectivity index (χ3n) is 1.91. The minimum atomic E-state index is -0.723. The lowest BCUT2D eigenvalue weighted by Crippen LogP contribution is -2.50. The molecule has 1 unspecified atom stereocenters. The predicted octanol–water partition coefficient (Wildman–Crippen LogP) is -1.77. The van der Waals surface area contributed by atoms with Crippen molar-refractivity contribution in [3.63, 3.8) is 0 Å². The van der Waals surface area contributed by atoms with E-state index in [1.165, 1.54) is 11.8 Å². The lowest BCUT2D eigenvalue weighted by atomic mass is 10.2. The molecule has 0 aliphatic rings. The number of aliphatic hydroxyl groups excluding tert-OH is 2. The fourth-order valence-corrected chi connectivity index (χ4v) is 1.47. The minimum Gasteiger partial charge on any atom is -0.395 e. The summed E-state index contributed by atoms with van der Waals surface area (Å²) in [6.45, 7) is 1.19. The normalized spacial score (nSPS) is 12.0. The average molecular weight is 250 g/mol. The molecule has 94 valence electrons. The molecule has 0 aromatic carbocycles. The molecular weight excluding hydrogens is 232 g/mol. The van der Waals surface area contributed by atoms with Gasteiger partial charge in [0.25, 0.3) is 0 Å². The van der Waals surface area contributed by atoms with Crippen molar-refractivity contribution in [2.24, 2.45) is 0 Å². The monoisotopic (exact) mass is 250 g/mol. The molecule has 0 aromatic rings. The smallest absolute Gasteiger partial charge is 0.246 e. The summed E-state index contributed by atoms with van der Waals surface area (Å²) in [6.07, 6.45) is 0. The standard InChI is InChI=1S/C9H18N2O4S/c1-7(14)10-8(6-16)9(15)11(2-4-12)3-5-13/h8,12-13,16H,2-6H2,1H3,(H,10,14). The number of carbonyl (C=O) groups is 2. The van der Waals surface area contributed by atoms with Gasteiger partial charge in [-0.2, -0.15) is 12.6 Å². The van der Waals surface area contributed by atoms with Crippen molar-refractivity contribution < 1.29 is 19.8 Å². The molecule has 7 heteroatoms. The van der Waals surface area contributed by atoms with Gasteiger partial charge in [-0.1, -0.05) is 0 Å². The number of amides is 2. The van der Waals surface area contributed by atoms with Crippen LogP contribution in [0.15, 0.2) is 0 Å². The summed E-state index contributed by atoms with van der Waals surface area (Å²) in [5.41, 5.74) is 0. The van der Waals surface area contributed by atoms with Crippen LogP contribution in [0.4, 0.5) is 0 Å². The van der Waals surface area contributed by atoms with Gasteiger partial charge in [0.15, 0.2) is 0 Å². The van der Waals surface area contributed by atoms with Crippen LogP contribution in [-0.2, 0) is 9.59 Å². The van der Waals surface area contributed by atoms with Gasteiger partial charge in [-0.25, -0.2) is 0 Å². The van der Waals surface area contributed by atoms with Crippen LogP contribution >= 0.6 is 12.6 Å². The van der Waals surface area contributed by atoms with Crippen molar-refractivity contribution in [3.8, 4) is 0 Å². The summed E-state index contributed by atoms with van der Waals surface area (Å²) in [7, 11) is 0. The van der Waals surface area contributed by atoms with Crippen LogP contribution in [0.5, 0.6) is 0 Å². The molecular formula is C9H18N2O4S. The third kappa shape index (κ3) is 5.34. The van der Waals surface area contributed by atoms with Crippen molar-refractivity contribution in [3.05, 3.63) is 0 Å². The second-order valence-corrected chi connectivity index (χ2v) is 3.57. The van der Waals surface area contributed by atoms with Gasteiger partial charge in [0.1, 0.15) is 6.04 Å². The summed E-state index contributed by atoms with van der Waals surface area (Å²) in [4.78, 5) is 24.0. The molecule has 0 heterocycles. The zero-order valence-electron chi connectivity index (χ0n) is 9.22. The van der Waals surface area contributed by atoms with E-state index in [1.54, 1.807) is 0 Å². The summed E-state index contributed by atoms with van der Waals surface area (Å²) in [5.74, 6) is -0.500. The molecule has 0 rings (SSSR count). The van der Waals surface area contributed by atoms with E-state index >= 15 is 0 Å². The van der Waals surface area contributed by atoms with Gasteiger partial charge in [0.05, 0.1) is 13.2 Å². The van der Waals surface area contributed by atoms with Gasteiger partial charge in [-0.15, -0.1) is 0 Å². The highest BCUT2D eigenvalue weighted by Crippen LogP contribution is 1.98. The van der Waals surface area contributed by atoms with Gasteiger partial charge in [0.2, 0.25) is 11.8 Å².